The number of benzene rings is 1. The summed E-state index contributed by atoms with van der Waals surface area (Å²) in [4.78, 5) is 0.102. The molecule has 1 aliphatic rings. The largest absolute Gasteiger partial charge is 0.336 e. The van der Waals surface area contributed by atoms with E-state index in [1.807, 2.05) is 6.92 Å². The van der Waals surface area contributed by atoms with Crippen molar-refractivity contribution in [2.24, 2.45) is 0 Å². The molecule has 8 heteroatoms. The molecular formula is C17H27O6PS. The number of rotatable bonds is 8. The van der Waals surface area contributed by atoms with Crippen LogP contribution in [0.1, 0.15) is 45.1 Å². The van der Waals surface area contributed by atoms with Crippen molar-refractivity contribution in [3.63, 3.8) is 0 Å². The zero-order valence-electron chi connectivity index (χ0n) is 15.0. The van der Waals surface area contributed by atoms with Crippen LogP contribution in [0, 0.1) is 6.92 Å². The molecule has 25 heavy (non-hydrogen) atoms. The molecule has 1 aliphatic carbocycles. The maximum Gasteiger partial charge on any atom is 0.336 e. The summed E-state index contributed by atoms with van der Waals surface area (Å²) in [5.74, 6) is 0. The van der Waals surface area contributed by atoms with E-state index in [2.05, 4.69) is 0 Å². The van der Waals surface area contributed by atoms with Gasteiger partial charge >= 0.3 is 7.60 Å². The third-order valence-electron chi connectivity index (χ3n) is 4.25. The van der Waals surface area contributed by atoms with Crippen LogP contribution in [0.3, 0.4) is 0 Å². The molecule has 1 aromatic rings. The lowest BCUT2D eigenvalue weighted by molar-refractivity contribution is 0.133. The van der Waals surface area contributed by atoms with Gasteiger partial charge in [0.15, 0.2) is 0 Å². The van der Waals surface area contributed by atoms with Gasteiger partial charge in [-0.2, -0.15) is 8.42 Å². The van der Waals surface area contributed by atoms with Crippen molar-refractivity contribution in [3.8, 4) is 0 Å². The molecule has 142 valence electrons. The summed E-state index contributed by atoms with van der Waals surface area (Å²) in [6.07, 6.45) is 2.04. The van der Waals surface area contributed by atoms with Gasteiger partial charge in [0.05, 0.1) is 29.9 Å². The summed E-state index contributed by atoms with van der Waals surface area (Å²) in [5, 5.41) is 0. The average Bonchev–Trinajstić information content (AvgIpc) is 2.56. The van der Waals surface area contributed by atoms with Gasteiger partial charge in [0.2, 0.25) is 0 Å². The molecule has 6 nitrogen and oxygen atoms in total. The predicted molar refractivity (Wildman–Crippen MR) is 96.4 cm³/mol. The van der Waals surface area contributed by atoms with Crippen LogP contribution in [0.15, 0.2) is 29.2 Å². The van der Waals surface area contributed by atoms with Gasteiger partial charge in [-0.3, -0.25) is 8.75 Å². The fourth-order valence-electron chi connectivity index (χ4n) is 3.06. The highest BCUT2D eigenvalue weighted by Gasteiger charge is 2.44. The second-order valence-corrected chi connectivity index (χ2v) is 9.96. The van der Waals surface area contributed by atoms with Crippen molar-refractivity contribution >= 4 is 17.7 Å². The Morgan fingerprint density at radius 3 is 2.16 bits per heavy atom. The molecule has 0 amide bonds. The fraction of sp³-hybridized carbons (Fsp3) is 0.647. The Morgan fingerprint density at radius 2 is 1.60 bits per heavy atom. The van der Waals surface area contributed by atoms with Crippen LogP contribution < -0.4 is 0 Å². The summed E-state index contributed by atoms with van der Waals surface area (Å²) in [5.41, 5.74) is 0.396. The predicted octanol–water partition coefficient (Wildman–Crippen LogP) is 4.28. The van der Waals surface area contributed by atoms with Crippen LogP contribution in [0.4, 0.5) is 0 Å². The van der Waals surface area contributed by atoms with Gasteiger partial charge in [-0.05, 0) is 45.7 Å². The molecule has 2 atom stereocenters. The molecule has 1 fully saturated rings. The van der Waals surface area contributed by atoms with Gasteiger partial charge in [-0.25, -0.2) is 0 Å². The van der Waals surface area contributed by atoms with Gasteiger partial charge in [0.25, 0.3) is 10.1 Å². The van der Waals surface area contributed by atoms with Crippen molar-refractivity contribution in [2.45, 2.75) is 63.1 Å². The first-order valence-corrected chi connectivity index (χ1v) is 11.7. The van der Waals surface area contributed by atoms with Crippen LogP contribution in [-0.4, -0.2) is 33.4 Å². The maximum atomic E-state index is 13.1. The smallest absolute Gasteiger partial charge is 0.309 e. The van der Waals surface area contributed by atoms with Crippen LogP contribution in [0.2, 0.25) is 0 Å². The zero-order chi connectivity index (χ0) is 18.5. The molecular weight excluding hydrogens is 363 g/mol. The number of hydrogen-bond donors (Lipinski definition) is 0. The lowest BCUT2D eigenvalue weighted by atomic mass is 9.97. The molecule has 0 spiro atoms. The Hall–Kier alpha value is -0.720. The molecule has 0 bridgehead atoms. The van der Waals surface area contributed by atoms with E-state index in [1.54, 1.807) is 26.0 Å². The molecule has 1 aromatic carbocycles. The minimum atomic E-state index is -3.93. The van der Waals surface area contributed by atoms with Crippen molar-refractivity contribution in [3.05, 3.63) is 29.8 Å². The highest BCUT2D eigenvalue weighted by Crippen LogP contribution is 2.58. The Labute approximate surface area is 150 Å². The van der Waals surface area contributed by atoms with Gasteiger partial charge in [0, 0.05) is 0 Å². The minimum Gasteiger partial charge on any atom is -0.309 e. The maximum absolute atomic E-state index is 13.1. The first-order valence-electron chi connectivity index (χ1n) is 8.71. The van der Waals surface area contributed by atoms with E-state index in [9.17, 15) is 13.0 Å². The highest BCUT2D eigenvalue weighted by molar-refractivity contribution is 7.86. The third-order valence-corrected chi connectivity index (χ3v) is 8.24. The van der Waals surface area contributed by atoms with Crippen molar-refractivity contribution in [2.75, 3.05) is 13.2 Å². The highest BCUT2D eigenvalue weighted by atomic mass is 32.2. The van der Waals surface area contributed by atoms with Crippen molar-refractivity contribution in [1.29, 1.82) is 0 Å². The first kappa shape index (κ1) is 20.6. The van der Waals surface area contributed by atoms with E-state index in [4.69, 9.17) is 13.2 Å². The average molecular weight is 390 g/mol. The summed E-state index contributed by atoms with van der Waals surface area (Å²) in [7, 11) is -7.36. The molecule has 0 saturated heterocycles. The van der Waals surface area contributed by atoms with Crippen molar-refractivity contribution < 1.29 is 26.2 Å². The number of aryl methyl sites for hydroxylation is 1. The lowest BCUT2D eigenvalue weighted by Crippen LogP contribution is -2.35. The molecule has 2 rings (SSSR count). The van der Waals surface area contributed by atoms with Crippen LogP contribution >= 0.6 is 7.60 Å². The van der Waals surface area contributed by atoms with Crippen molar-refractivity contribution in [1.82, 2.24) is 0 Å². The Bertz CT molecular complexity index is 690. The van der Waals surface area contributed by atoms with E-state index in [-0.39, 0.29) is 18.1 Å². The standard InChI is InChI=1S/C17H27O6PS/c1-4-21-24(18,22-5-2)17-9-7-6-8-16(17)23-25(19,20)15-12-10-14(3)11-13-15/h10-13,16-17H,4-9H2,1-3H3/t16-,17-/m1/s1. The normalized spacial score (nSPS) is 22.0. The first-order chi connectivity index (χ1) is 11.8. The molecule has 0 radical (unpaired) electrons. The van der Waals surface area contributed by atoms with Crippen LogP contribution in [0.5, 0.6) is 0 Å². The number of hydrogen-bond acceptors (Lipinski definition) is 6. The summed E-state index contributed by atoms with van der Waals surface area (Å²) in [6, 6.07) is 6.49. The Kier molecular flexibility index (Phi) is 7.23. The van der Waals surface area contributed by atoms with E-state index in [0.29, 0.717) is 12.8 Å². The topological polar surface area (TPSA) is 78.9 Å². The Balaban J connectivity index is 2.25. The summed E-state index contributed by atoms with van der Waals surface area (Å²) >= 11 is 0. The molecule has 0 heterocycles. The van der Waals surface area contributed by atoms with Crippen LogP contribution in [-0.2, 0) is 27.9 Å². The molecule has 0 N–H and O–H groups in total. The zero-order valence-corrected chi connectivity index (χ0v) is 16.7. The second kappa shape index (κ2) is 8.78. The van der Waals surface area contributed by atoms with Gasteiger partial charge < -0.3 is 9.05 Å². The second-order valence-electron chi connectivity index (χ2n) is 6.13. The summed E-state index contributed by atoms with van der Waals surface area (Å²) in [6.45, 7) is 5.85. The summed E-state index contributed by atoms with van der Waals surface area (Å²) < 4.78 is 54.7. The van der Waals surface area contributed by atoms with E-state index in [1.165, 1.54) is 12.1 Å². The fourth-order valence-corrected chi connectivity index (χ4v) is 6.58. The Morgan fingerprint density at radius 1 is 1.04 bits per heavy atom. The van der Waals surface area contributed by atoms with E-state index < -0.39 is 29.5 Å². The molecule has 0 aliphatic heterocycles. The molecule has 1 saturated carbocycles. The monoisotopic (exact) mass is 390 g/mol. The third kappa shape index (κ3) is 5.14. The van der Waals surface area contributed by atoms with E-state index >= 15 is 0 Å². The molecule has 0 unspecified atom stereocenters. The lowest BCUT2D eigenvalue weighted by Gasteiger charge is -2.34. The SMILES string of the molecule is CCOP(=O)(OCC)[C@@H]1CCCC[C@H]1OS(=O)(=O)c1ccc(C)cc1. The quantitative estimate of drug-likeness (QED) is 0.487. The van der Waals surface area contributed by atoms with E-state index in [0.717, 1.165) is 18.4 Å². The minimum absolute atomic E-state index is 0.102. The van der Waals surface area contributed by atoms with Gasteiger partial charge in [0.1, 0.15) is 0 Å². The molecule has 0 aromatic heterocycles. The van der Waals surface area contributed by atoms with Gasteiger partial charge in [-0.15, -0.1) is 0 Å². The van der Waals surface area contributed by atoms with Gasteiger partial charge in [-0.1, -0.05) is 30.5 Å². The van der Waals surface area contributed by atoms with Crippen LogP contribution in [0.25, 0.3) is 0 Å².